The number of hydrogen-bond donors (Lipinski definition) is 0. The van der Waals surface area contributed by atoms with Crippen LogP contribution in [0.5, 0.6) is 0 Å². The first-order chi connectivity index (χ1) is 13.0. The highest BCUT2D eigenvalue weighted by atomic mass is 35.5. The minimum atomic E-state index is 0.353. The van der Waals surface area contributed by atoms with E-state index in [1.165, 1.54) is 51.8 Å². The van der Waals surface area contributed by atoms with Gasteiger partial charge < -0.3 is 4.90 Å². The van der Waals surface area contributed by atoms with Crippen LogP contribution in [0.1, 0.15) is 48.6 Å². The van der Waals surface area contributed by atoms with E-state index in [1.54, 1.807) is 11.3 Å². The number of hydrogen-bond acceptors (Lipinski definition) is 4. The quantitative estimate of drug-likeness (QED) is 0.458. The number of fused-ring (bicyclic) bond motifs is 1. The normalized spacial score (nSPS) is 17.7. The number of rotatable bonds is 3. The summed E-state index contributed by atoms with van der Waals surface area (Å²) in [6.45, 7) is 9.83. The summed E-state index contributed by atoms with van der Waals surface area (Å²) in [7, 11) is 0. The molecule has 3 aromatic rings. The van der Waals surface area contributed by atoms with Gasteiger partial charge in [-0.3, -0.25) is 0 Å². The summed E-state index contributed by atoms with van der Waals surface area (Å²) in [4.78, 5) is 14.1. The summed E-state index contributed by atoms with van der Waals surface area (Å²) in [5, 5.41) is 1.52. The van der Waals surface area contributed by atoms with Crippen LogP contribution < -0.4 is 4.90 Å². The smallest absolute Gasteiger partial charge is 0.225 e. The second-order valence-electron chi connectivity index (χ2n) is 7.58. The fourth-order valence-corrected chi connectivity index (χ4v) is 5.48. The first-order valence-corrected chi connectivity index (χ1v) is 11.0. The molecule has 0 bridgehead atoms. The lowest BCUT2D eigenvalue weighted by atomic mass is 9.97. The number of thiophene rings is 1. The maximum absolute atomic E-state index is 6.35. The topological polar surface area (TPSA) is 29.0 Å². The number of aryl methyl sites for hydroxylation is 3. The van der Waals surface area contributed by atoms with Crippen molar-refractivity contribution in [3.8, 4) is 11.1 Å². The fourth-order valence-electron chi connectivity index (χ4n) is 4.22. The Morgan fingerprint density at radius 1 is 1.15 bits per heavy atom. The third kappa shape index (κ3) is 3.34. The van der Waals surface area contributed by atoms with Crippen LogP contribution in [0.3, 0.4) is 0 Å². The summed E-state index contributed by atoms with van der Waals surface area (Å²) in [5.41, 5.74) is 5.15. The van der Waals surface area contributed by atoms with Crippen molar-refractivity contribution in [1.82, 2.24) is 9.97 Å². The van der Waals surface area contributed by atoms with Crippen LogP contribution in [-0.4, -0.2) is 22.6 Å². The summed E-state index contributed by atoms with van der Waals surface area (Å²) in [6.07, 6.45) is 4.86. The number of benzene rings is 1. The largest absolute Gasteiger partial charge is 0.353 e. The molecule has 3 heterocycles. The zero-order chi connectivity index (χ0) is 19.1. The Kier molecular flexibility index (Phi) is 5.13. The molecule has 0 radical (unpaired) electrons. The maximum Gasteiger partial charge on any atom is 0.225 e. The molecule has 0 N–H and O–H groups in total. The van der Waals surface area contributed by atoms with E-state index in [9.17, 15) is 0 Å². The number of nitrogens with zero attached hydrogens (tertiary/aromatic N) is 3. The van der Waals surface area contributed by atoms with Gasteiger partial charge in [-0.25, -0.2) is 4.98 Å². The van der Waals surface area contributed by atoms with Gasteiger partial charge in [-0.05, 0) is 74.7 Å². The van der Waals surface area contributed by atoms with Crippen molar-refractivity contribution in [3.63, 3.8) is 0 Å². The second kappa shape index (κ2) is 7.40. The van der Waals surface area contributed by atoms with Crippen LogP contribution in [0.4, 0.5) is 5.82 Å². The van der Waals surface area contributed by atoms with Crippen molar-refractivity contribution in [2.45, 2.75) is 59.4 Å². The average molecular weight is 400 g/mol. The lowest BCUT2D eigenvalue weighted by Crippen LogP contribution is -2.39. The van der Waals surface area contributed by atoms with Crippen LogP contribution in [0.25, 0.3) is 21.3 Å². The van der Waals surface area contributed by atoms with Gasteiger partial charge in [0.2, 0.25) is 5.28 Å². The number of aromatic nitrogens is 2. The van der Waals surface area contributed by atoms with Crippen LogP contribution in [0.2, 0.25) is 5.28 Å². The molecular formula is C22H26ClN3S. The highest BCUT2D eigenvalue weighted by molar-refractivity contribution is 7.19. The zero-order valence-corrected chi connectivity index (χ0v) is 18.0. The van der Waals surface area contributed by atoms with Gasteiger partial charge in [0.25, 0.3) is 0 Å². The first-order valence-electron chi connectivity index (χ1n) is 9.80. The Hall–Kier alpha value is -1.65. The maximum atomic E-state index is 6.35. The van der Waals surface area contributed by atoms with Crippen LogP contribution in [0.15, 0.2) is 18.2 Å². The highest BCUT2D eigenvalue weighted by Crippen LogP contribution is 2.43. The van der Waals surface area contributed by atoms with Crippen molar-refractivity contribution in [2.75, 3.05) is 11.4 Å². The monoisotopic (exact) mass is 399 g/mol. The molecule has 1 saturated heterocycles. The molecule has 1 unspecified atom stereocenters. The third-order valence-electron chi connectivity index (χ3n) is 5.85. The summed E-state index contributed by atoms with van der Waals surface area (Å²) < 4.78 is 0. The summed E-state index contributed by atoms with van der Waals surface area (Å²) in [6, 6.07) is 7.25. The van der Waals surface area contributed by atoms with E-state index in [0.29, 0.717) is 11.3 Å². The molecule has 1 fully saturated rings. The van der Waals surface area contributed by atoms with E-state index in [-0.39, 0.29) is 0 Å². The lowest BCUT2D eigenvalue weighted by Gasteiger charge is -2.36. The van der Waals surface area contributed by atoms with Gasteiger partial charge in [-0.2, -0.15) is 4.98 Å². The van der Waals surface area contributed by atoms with Gasteiger partial charge >= 0.3 is 0 Å². The van der Waals surface area contributed by atoms with Crippen LogP contribution in [0, 0.1) is 20.8 Å². The molecule has 3 nitrogen and oxygen atoms in total. The minimum Gasteiger partial charge on any atom is -0.353 e. The summed E-state index contributed by atoms with van der Waals surface area (Å²) >= 11 is 8.07. The SMILES string of the molecule is CCC1CCCCN1c1nc(Cl)nc2sc(C)c(-c3ccc(C)c(C)c3)c12. The summed E-state index contributed by atoms with van der Waals surface area (Å²) in [5.74, 6) is 1.02. The fraction of sp³-hybridized carbons (Fsp3) is 0.455. The minimum absolute atomic E-state index is 0.353. The second-order valence-corrected chi connectivity index (χ2v) is 9.12. The predicted octanol–water partition coefficient (Wildman–Crippen LogP) is 6.71. The number of halogens is 1. The molecule has 1 aliphatic rings. The number of anilines is 1. The molecule has 1 aliphatic heterocycles. The Morgan fingerprint density at radius 2 is 1.96 bits per heavy atom. The van der Waals surface area contributed by atoms with Gasteiger partial charge in [-0.15, -0.1) is 11.3 Å². The van der Waals surface area contributed by atoms with Gasteiger partial charge in [0, 0.05) is 23.0 Å². The van der Waals surface area contributed by atoms with Crippen LogP contribution >= 0.6 is 22.9 Å². The standard InChI is InChI=1S/C22H26ClN3S/c1-5-17-8-6-7-11-26(17)20-19-18(16-10-9-13(2)14(3)12-16)15(4)27-21(19)25-22(23)24-20/h9-10,12,17H,5-8,11H2,1-4H3. The van der Waals surface area contributed by atoms with Crippen molar-refractivity contribution >= 4 is 39.0 Å². The molecule has 1 atom stereocenters. The Bertz CT molecular complexity index is 995. The van der Waals surface area contributed by atoms with E-state index in [2.05, 4.69) is 55.8 Å². The third-order valence-corrected chi connectivity index (χ3v) is 7.02. The van der Waals surface area contributed by atoms with E-state index in [0.717, 1.165) is 23.6 Å². The molecule has 27 heavy (non-hydrogen) atoms. The van der Waals surface area contributed by atoms with Crippen molar-refractivity contribution < 1.29 is 0 Å². The van der Waals surface area contributed by atoms with E-state index >= 15 is 0 Å². The Balaban J connectivity index is 1.97. The first kappa shape index (κ1) is 18.7. The Morgan fingerprint density at radius 3 is 2.70 bits per heavy atom. The van der Waals surface area contributed by atoms with Gasteiger partial charge in [-0.1, -0.05) is 25.1 Å². The van der Waals surface area contributed by atoms with E-state index < -0.39 is 0 Å². The molecule has 4 rings (SSSR count). The molecular weight excluding hydrogens is 374 g/mol. The Labute approximate surface area is 170 Å². The van der Waals surface area contributed by atoms with E-state index in [1.807, 2.05) is 0 Å². The molecule has 142 valence electrons. The predicted molar refractivity (Wildman–Crippen MR) is 117 cm³/mol. The molecule has 0 amide bonds. The van der Waals surface area contributed by atoms with Crippen molar-refractivity contribution in [2.24, 2.45) is 0 Å². The van der Waals surface area contributed by atoms with Crippen molar-refractivity contribution in [3.05, 3.63) is 39.5 Å². The van der Waals surface area contributed by atoms with Gasteiger partial charge in [0.1, 0.15) is 10.6 Å². The van der Waals surface area contributed by atoms with Gasteiger partial charge in [0.05, 0.1) is 5.39 Å². The van der Waals surface area contributed by atoms with Gasteiger partial charge in [0.15, 0.2) is 0 Å². The molecule has 0 saturated carbocycles. The van der Waals surface area contributed by atoms with Crippen molar-refractivity contribution in [1.29, 1.82) is 0 Å². The highest BCUT2D eigenvalue weighted by Gasteiger charge is 2.27. The molecule has 5 heteroatoms. The zero-order valence-electron chi connectivity index (χ0n) is 16.5. The lowest BCUT2D eigenvalue weighted by molar-refractivity contribution is 0.448. The average Bonchev–Trinajstić information content (AvgIpc) is 2.98. The molecule has 1 aromatic carbocycles. The van der Waals surface area contributed by atoms with Crippen LogP contribution in [-0.2, 0) is 0 Å². The van der Waals surface area contributed by atoms with E-state index in [4.69, 9.17) is 16.6 Å². The molecule has 0 aliphatic carbocycles. The number of piperidine rings is 1. The molecule has 2 aromatic heterocycles. The molecule has 0 spiro atoms.